The van der Waals surface area contributed by atoms with E-state index in [1.54, 1.807) is 0 Å². The van der Waals surface area contributed by atoms with Crippen LogP contribution in [0.4, 0.5) is 0 Å². The van der Waals surface area contributed by atoms with E-state index in [1.165, 1.54) is 0 Å². The molecule has 7 heteroatoms. The molecule has 4 nitrogen and oxygen atoms in total. The second kappa shape index (κ2) is 13.0. The molecule has 0 bridgehead atoms. The van der Waals surface area contributed by atoms with Gasteiger partial charge >= 0.3 is 16.8 Å². The Morgan fingerprint density at radius 2 is 1.09 bits per heavy atom. The first-order valence-electron chi connectivity index (χ1n) is 2.06. The van der Waals surface area contributed by atoms with Crippen LogP contribution in [0.5, 0.6) is 0 Å². The van der Waals surface area contributed by atoms with Gasteiger partial charge in [0.2, 0.25) is 0 Å². The molecule has 0 aromatic heterocycles. The van der Waals surface area contributed by atoms with Gasteiger partial charge < -0.3 is 19.8 Å². The minimum absolute atomic E-state index is 0. The summed E-state index contributed by atoms with van der Waals surface area (Å²) in [6, 6.07) is 0. The quantitative estimate of drug-likeness (QED) is 0.562. The average molecular weight is 335 g/mol. The number of carbonyl (C=O) groups excluding carboxylic acids is 2. The van der Waals surface area contributed by atoms with Crippen LogP contribution in [0.2, 0.25) is 0 Å². The van der Waals surface area contributed by atoms with Gasteiger partial charge in [0.15, 0.2) is 0 Å². The Morgan fingerprint density at radius 3 is 1.09 bits per heavy atom. The van der Waals surface area contributed by atoms with Crippen molar-refractivity contribution >= 4 is 43.8 Å². The largest absolute Gasteiger partial charge is 2.00 e. The zero-order valence-electron chi connectivity index (χ0n) is 5.14. The molecule has 0 spiro atoms. The van der Waals surface area contributed by atoms with Crippen molar-refractivity contribution in [2.75, 3.05) is 10.7 Å². The number of alkyl halides is 2. The zero-order chi connectivity index (χ0) is 8.57. The van der Waals surface area contributed by atoms with E-state index in [9.17, 15) is 19.8 Å². The summed E-state index contributed by atoms with van der Waals surface area (Å²) >= 11 is 5.30. The van der Waals surface area contributed by atoms with Crippen molar-refractivity contribution in [3.8, 4) is 0 Å². The topological polar surface area (TPSA) is 80.3 Å². The summed E-state index contributed by atoms with van der Waals surface area (Å²) < 4.78 is 0. The zero-order valence-corrected chi connectivity index (χ0v) is 9.35. The number of carboxylic acids is 2. The van der Waals surface area contributed by atoms with Crippen LogP contribution >= 0.6 is 31.9 Å². The summed E-state index contributed by atoms with van der Waals surface area (Å²) in [5.41, 5.74) is 0. The van der Waals surface area contributed by atoms with E-state index in [-0.39, 0.29) is 27.4 Å². The van der Waals surface area contributed by atoms with Gasteiger partial charge in [0.05, 0.1) is 11.9 Å². The first kappa shape index (κ1) is 17.5. The maximum atomic E-state index is 9.21. The number of halogens is 2. The first-order valence-corrected chi connectivity index (χ1v) is 4.30. The van der Waals surface area contributed by atoms with Crippen molar-refractivity contribution in [3.63, 3.8) is 0 Å². The van der Waals surface area contributed by atoms with Crippen molar-refractivity contribution in [1.29, 1.82) is 0 Å². The number of carbonyl (C=O) groups is 2. The predicted octanol–water partition coefficient (Wildman–Crippen LogP) is -1.74. The van der Waals surface area contributed by atoms with Crippen molar-refractivity contribution in [2.24, 2.45) is 0 Å². The van der Waals surface area contributed by atoms with Crippen molar-refractivity contribution in [3.05, 3.63) is 0 Å². The molecule has 67 valence electrons. The molecular formula is C4H4Br2CoO4. The van der Waals surface area contributed by atoms with Gasteiger partial charge in [-0.1, -0.05) is 31.9 Å². The van der Waals surface area contributed by atoms with Crippen LogP contribution in [0.25, 0.3) is 0 Å². The fourth-order valence-corrected chi connectivity index (χ4v) is 0. The van der Waals surface area contributed by atoms with Crippen LogP contribution < -0.4 is 10.2 Å². The van der Waals surface area contributed by atoms with E-state index in [1.807, 2.05) is 0 Å². The fraction of sp³-hybridized carbons (Fsp3) is 0.500. The Labute approximate surface area is 90.8 Å². The molecule has 0 atom stereocenters. The third kappa shape index (κ3) is 37.9. The van der Waals surface area contributed by atoms with Gasteiger partial charge in [-0.05, 0) is 0 Å². The molecule has 0 saturated carbocycles. The summed E-state index contributed by atoms with van der Waals surface area (Å²) in [5, 5.41) is 18.3. The van der Waals surface area contributed by atoms with Crippen molar-refractivity contribution in [2.45, 2.75) is 0 Å². The van der Waals surface area contributed by atoms with Crippen LogP contribution in [0.1, 0.15) is 0 Å². The molecule has 0 aromatic carbocycles. The van der Waals surface area contributed by atoms with Gasteiger partial charge in [0, 0.05) is 10.7 Å². The summed E-state index contributed by atoms with van der Waals surface area (Å²) in [5.74, 6) is -2.16. The van der Waals surface area contributed by atoms with E-state index in [2.05, 4.69) is 31.9 Å². The predicted molar refractivity (Wildman–Crippen MR) is 37.6 cm³/mol. The first-order chi connectivity index (χ1) is 4.54. The molecule has 0 rings (SSSR count). The second-order valence-corrected chi connectivity index (χ2v) is 2.13. The maximum Gasteiger partial charge on any atom is 2.00 e. The van der Waals surface area contributed by atoms with Crippen molar-refractivity contribution in [1.82, 2.24) is 0 Å². The maximum absolute atomic E-state index is 9.21. The normalized spacial score (nSPS) is 6.73. The summed E-state index contributed by atoms with van der Waals surface area (Å²) in [7, 11) is 0. The number of aliphatic carboxylic acids is 2. The second-order valence-electron chi connectivity index (χ2n) is 1.01. The molecular weight excluding hydrogens is 331 g/mol. The third-order valence-corrected chi connectivity index (χ3v) is 1.13. The Kier molecular flexibility index (Phi) is 20.7. The molecule has 0 aliphatic carbocycles. The molecule has 0 saturated heterocycles. The van der Waals surface area contributed by atoms with E-state index < -0.39 is 11.9 Å². The minimum atomic E-state index is -1.08. The Bertz CT molecular complexity index is 105. The monoisotopic (exact) mass is 333 g/mol. The molecule has 1 radical (unpaired) electrons. The molecule has 0 fully saturated rings. The molecule has 0 amide bonds. The molecule has 0 heterocycles. The van der Waals surface area contributed by atoms with E-state index in [0.29, 0.717) is 0 Å². The summed E-state index contributed by atoms with van der Waals surface area (Å²) in [6.45, 7) is 0. The van der Waals surface area contributed by atoms with Gasteiger partial charge in [0.1, 0.15) is 0 Å². The Morgan fingerprint density at radius 1 is 1.00 bits per heavy atom. The van der Waals surface area contributed by atoms with E-state index >= 15 is 0 Å². The number of rotatable bonds is 2. The SMILES string of the molecule is O=C([O-])CBr.O=C([O-])CBr.[Co+2]. The summed E-state index contributed by atoms with van der Waals surface area (Å²) in [6.07, 6.45) is 0. The standard InChI is InChI=1S/2C2H3BrO2.Co/c2*3-1-2(4)5;/h2*1H2,(H,4,5);/q;;+2/p-2. The van der Waals surface area contributed by atoms with Gasteiger partial charge in [-0.3, -0.25) is 0 Å². The van der Waals surface area contributed by atoms with Crippen LogP contribution in [-0.2, 0) is 26.4 Å². The van der Waals surface area contributed by atoms with E-state index in [4.69, 9.17) is 0 Å². The molecule has 0 aliphatic rings. The number of carboxylic acid groups (broad SMARTS) is 2. The number of hydrogen-bond donors (Lipinski definition) is 0. The van der Waals surface area contributed by atoms with Gasteiger partial charge in [0.25, 0.3) is 0 Å². The molecule has 11 heavy (non-hydrogen) atoms. The van der Waals surface area contributed by atoms with Crippen LogP contribution in [0.15, 0.2) is 0 Å². The molecule has 0 N–H and O–H groups in total. The van der Waals surface area contributed by atoms with Crippen LogP contribution in [-0.4, -0.2) is 22.6 Å². The summed E-state index contributed by atoms with van der Waals surface area (Å²) in [4.78, 5) is 18.4. The Hall–Kier alpha value is 0.406. The van der Waals surface area contributed by atoms with Gasteiger partial charge in [-0.15, -0.1) is 0 Å². The molecule has 0 aliphatic heterocycles. The van der Waals surface area contributed by atoms with Gasteiger partial charge in [-0.2, -0.15) is 0 Å². The average Bonchev–Trinajstić information content (AvgIpc) is 1.89. The minimum Gasteiger partial charge on any atom is -0.549 e. The molecule has 0 unspecified atom stereocenters. The fourth-order valence-electron chi connectivity index (χ4n) is 0. The van der Waals surface area contributed by atoms with Crippen LogP contribution in [0.3, 0.4) is 0 Å². The van der Waals surface area contributed by atoms with Gasteiger partial charge in [-0.25, -0.2) is 0 Å². The smallest absolute Gasteiger partial charge is 0.549 e. The van der Waals surface area contributed by atoms with Crippen molar-refractivity contribution < 1.29 is 36.6 Å². The Balaban J connectivity index is -0.000000107. The van der Waals surface area contributed by atoms with Crippen LogP contribution in [0, 0.1) is 0 Å². The third-order valence-electron chi connectivity index (χ3n) is 0.218. The number of hydrogen-bond acceptors (Lipinski definition) is 4. The van der Waals surface area contributed by atoms with E-state index in [0.717, 1.165) is 0 Å². The molecule has 0 aromatic rings.